The SMILES string of the molecule is CC/C=C\C/C=C\C/C=C\C/C=C\C/C=C\CCCCCCCCCCCCCCCC(=O)OCC(COC(=O)CCCCCCC/C=C\C/C=C\C/C=C\CC)OC(=O)CCCCCCCCCCCCCCCCCCC. The van der Waals surface area contributed by atoms with Crippen LogP contribution in [-0.4, -0.2) is 37.2 Å². The number of allylic oxidation sites excluding steroid dienone is 16. The van der Waals surface area contributed by atoms with Crippen molar-refractivity contribution in [3.05, 3.63) is 97.2 Å². The Labute approximate surface area is 489 Å². The van der Waals surface area contributed by atoms with E-state index in [0.29, 0.717) is 19.3 Å². The zero-order chi connectivity index (χ0) is 57.1. The minimum absolute atomic E-state index is 0.0803. The molecule has 0 bridgehead atoms. The van der Waals surface area contributed by atoms with Crippen molar-refractivity contribution >= 4 is 17.9 Å². The van der Waals surface area contributed by atoms with Gasteiger partial charge in [0.05, 0.1) is 0 Å². The van der Waals surface area contributed by atoms with Crippen molar-refractivity contribution in [3.63, 3.8) is 0 Å². The fraction of sp³-hybridized carbons (Fsp3) is 0.740. The molecule has 0 aliphatic carbocycles. The van der Waals surface area contributed by atoms with Crippen LogP contribution in [0, 0.1) is 0 Å². The molecule has 6 heteroatoms. The molecule has 0 aliphatic rings. The summed E-state index contributed by atoms with van der Waals surface area (Å²) in [6.07, 6.45) is 89.9. The normalized spacial score (nSPS) is 12.7. The third-order valence-electron chi connectivity index (χ3n) is 14.6. The zero-order valence-electron chi connectivity index (χ0n) is 52.1. The van der Waals surface area contributed by atoms with Crippen LogP contribution in [0.1, 0.15) is 329 Å². The number of hydrogen-bond acceptors (Lipinski definition) is 6. The van der Waals surface area contributed by atoms with E-state index in [-0.39, 0.29) is 31.1 Å². The zero-order valence-corrected chi connectivity index (χ0v) is 52.1. The molecule has 454 valence electrons. The van der Waals surface area contributed by atoms with Gasteiger partial charge in [0, 0.05) is 19.3 Å². The molecule has 0 radical (unpaired) electrons. The predicted molar refractivity (Wildman–Crippen MR) is 344 cm³/mol. The van der Waals surface area contributed by atoms with Crippen molar-refractivity contribution in [2.24, 2.45) is 0 Å². The van der Waals surface area contributed by atoms with Crippen molar-refractivity contribution in [2.45, 2.75) is 335 Å². The van der Waals surface area contributed by atoms with Gasteiger partial charge in [-0.3, -0.25) is 14.4 Å². The molecule has 0 saturated carbocycles. The molecule has 1 unspecified atom stereocenters. The van der Waals surface area contributed by atoms with E-state index in [4.69, 9.17) is 14.2 Å². The van der Waals surface area contributed by atoms with Gasteiger partial charge in [0.15, 0.2) is 6.10 Å². The van der Waals surface area contributed by atoms with Gasteiger partial charge in [0.2, 0.25) is 0 Å². The number of hydrogen-bond donors (Lipinski definition) is 0. The Morgan fingerprint density at radius 2 is 0.494 bits per heavy atom. The molecule has 0 aromatic rings. The van der Waals surface area contributed by atoms with Gasteiger partial charge in [-0.25, -0.2) is 0 Å². The molecule has 0 aliphatic heterocycles. The summed E-state index contributed by atoms with van der Waals surface area (Å²) in [6, 6.07) is 0. The molecule has 0 heterocycles. The van der Waals surface area contributed by atoms with Gasteiger partial charge in [-0.05, 0) is 96.3 Å². The minimum Gasteiger partial charge on any atom is -0.462 e. The highest BCUT2D eigenvalue weighted by Crippen LogP contribution is 2.17. The van der Waals surface area contributed by atoms with Crippen LogP contribution in [0.25, 0.3) is 0 Å². The first-order valence-electron chi connectivity index (χ1n) is 33.7. The van der Waals surface area contributed by atoms with Crippen LogP contribution in [0.5, 0.6) is 0 Å². The average Bonchev–Trinajstić information content (AvgIpc) is 3.45. The Kier molecular flexibility index (Phi) is 63.7. The van der Waals surface area contributed by atoms with Crippen molar-refractivity contribution in [2.75, 3.05) is 13.2 Å². The third kappa shape index (κ3) is 65.0. The van der Waals surface area contributed by atoms with Gasteiger partial charge in [0.1, 0.15) is 13.2 Å². The Morgan fingerprint density at radius 1 is 0.266 bits per heavy atom. The van der Waals surface area contributed by atoms with Crippen LogP contribution in [0.15, 0.2) is 97.2 Å². The summed E-state index contributed by atoms with van der Waals surface area (Å²) in [5.74, 6) is -0.883. The first-order chi connectivity index (χ1) is 39.0. The Hall–Kier alpha value is -3.67. The fourth-order valence-electron chi connectivity index (χ4n) is 9.60. The summed E-state index contributed by atoms with van der Waals surface area (Å²) in [5, 5.41) is 0. The van der Waals surface area contributed by atoms with Crippen molar-refractivity contribution in [3.8, 4) is 0 Å². The number of carbonyl (C=O) groups excluding carboxylic acids is 3. The van der Waals surface area contributed by atoms with E-state index in [2.05, 4.69) is 118 Å². The van der Waals surface area contributed by atoms with Crippen LogP contribution in [0.4, 0.5) is 0 Å². The molecule has 79 heavy (non-hydrogen) atoms. The maximum absolute atomic E-state index is 12.9. The van der Waals surface area contributed by atoms with Gasteiger partial charge < -0.3 is 14.2 Å². The third-order valence-corrected chi connectivity index (χ3v) is 14.6. The minimum atomic E-state index is -0.784. The van der Waals surface area contributed by atoms with Gasteiger partial charge in [0.25, 0.3) is 0 Å². The smallest absolute Gasteiger partial charge is 0.306 e. The summed E-state index contributed by atoms with van der Waals surface area (Å²) in [4.78, 5) is 38.4. The average molecular weight is 1100 g/mol. The van der Waals surface area contributed by atoms with Gasteiger partial charge in [-0.15, -0.1) is 0 Å². The molecule has 0 N–H and O–H groups in total. The van der Waals surface area contributed by atoms with Crippen molar-refractivity contribution in [1.29, 1.82) is 0 Å². The van der Waals surface area contributed by atoms with E-state index >= 15 is 0 Å². The maximum Gasteiger partial charge on any atom is 0.306 e. The topological polar surface area (TPSA) is 78.9 Å². The highest BCUT2D eigenvalue weighted by Gasteiger charge is 2.19. The lowest BCUT2D eigenvalue weighted by atomic mass is 10.0. The molecular formula is C73H126O6. The van der Waals surface area contributed by atoms with Gasteiger partial charge in [-0.1, -0.05) is 311 Å². The summed E-state index contributed by atoms with van der Waals surface area (Å²) in [6.45, 7) is 6.44. The van der Waals surface area contributed by atoms with Gasteiger partial charge >= 0.3 is 17.9 Å². The van der Waals surface area contributed by atoms with Crippen molar-refractivity contribution < 1.29 is 28.6 Å². The molecule has 1 atom stereocenters. The largest absolute Gasteiger partial charge is 0.462 e. The van der Waals surface area contributed by atoms with Crippen LogP contribution in [-0.2, 0) is 28.6 Å². The first kappa shape index (κ1) is 75.3. The lowest BCUT2D eigenvalue weighted by molar-refractivity contribution is -0.167. The van der Waals surface area contributed by atoms with Crippen molar-refractivity contribution in [1.82, 2.24) is 0 Å². The van der Waals surface area contributed by atoms with E-state index in [0.717, 1.165) is 128 Å². The number of carbonyl (C=O) groups is 3. The molecular weight excluding hydrogens is 973 g/mol. The molecule has 0 aromatic carbocycles. The monoisotopic (exact) mass is 1100 g/mol. The number of rotatable bonds is 61. The summed E-state index contributed by atoms with van der Waals surface area (Å²) < 4.78 is 17.0. The van der Waals surface area contributed by atoms with Crippen LogP contribution in [0.3, 0.4) is 0 Å². The number of ether oxygens (including phenoxy) is 3. The Bertz CT molecular complexity index is 1540. The predicted octanol–water partition coefficient (Wildman–Crippen LogP) is 23.2. The highest BCUT2D eigenvalue weighted by molar-refractivity contribution is 5.71. The molecule has 0 saturated heterocycles. The summed E-state index contributed by atoms with van der Waals surface area (Å²) in [7, 11) is 0. The fourth-order valence-corrected chi connectivity index (χ4v) is 9.60. The lowest BCUT2D eigenvalue weighted by Gasteiger charge is -2.18. The summed E-state index contributed by atoms with van der Waals surface area (Å²) in [5.41, 5.74) is 0. The molecule has 0 spiro atoms. The van der Waals surface area contributed by atoms with E-state index in [9.17, 15) is 14.4 Å². The Morgan fingerprint density at radius 3 is 0.772 bits per heavy atom. The molecule has 6 nitrogen and oxygen atoms in total. The highest BCUT2D eigenvalue weighted by atomic mass is 16.6. The van der Waals surface area contributed by atoms with Crippen LogP contribution in [0.2, 0.25) is 0 Å². The molecule has 0 fully saturated rings. The molecule has 0 rings (SSSR count). The Balaban J connectivity index is 4.27. The van der Waals surface area contributed by atoms with E-state index in [1.807, 2.05) is 0 Å². The maximum atomic E-state index is 12.9. The van der Waals surface area contributed by atoms with E-state index < -0.39 is 6.10 Å². The molecule has 0 aromatic heterocycles. The standard InChI is InChI=1S/C73H126O6/c1-4-7-10-13-16-19-22-25-28-30-31-32-33-34-35-36-37-38-39-40-41-43-45-48-51-54-57-60-63-66-72(75)78-69-70(68-77-71(74)65-62-59-56-53-50-47-44-27-24-21-18-15-12-9-6-3)79-73(76)67-64-61-58-55-52-49-46-42-29-26-23-20-17-14-11-8-5-2/h7,9-10,12,16,18-19,21,25,27-28,31-32,34-35,44,70H,4-6,8,11,13-15,17,20,22-24,26,29-30,33,36-43,45-69H2,1-3H3/b10-7-,12-9-,19-16-,21-18-,28-25-,32-31-,35-34-,44-27-. The first-order valence-corrected chi connectivity index (χ1v) is 33.7. The second kappa shape index (κ2) is 66.8. The van der Waals surface area contributed by atoms with Crippen LogP contribution >= 0.6 is 0 Å². The molecule has 0 amide bonds. The number of esters is 3. The second-order valence-corrected chi connectivity index (χ2v) is 22.3. The van der Waals surface area contributed by atoms with Crippen LogP contribution < -0.4 is 0 Å². The number of unbranched alkanes of at least 4 members (excludes halogenated alkanes) is 34. The van der Waals surface area contributed by atoms with E-state index in [1.165, 1.54) is 161 Å². The summed E-state index contributed by atoms with van der Waals surface area (Å²) >= 11 is 0. The van der Waals surface area contributed by atoms with E-state index in [1.54, 1.807) is 0 Å². The second-order valence-electron chi connectivity index (χ2n) is 22.3. The lowest BCUT2D eigenvalue weighted by Crippen LogP contribution is -2.30. The quantitative estimate of drug-likeness (QED) is 0.0261. The van der Waals surface area contributed by atoms with Gasteiger partial charge in [-0.2, -0.15) is 0 Å².